The summed E-state index contributed by atoms with van der Waals surface area (Å²) in [6, 6.07) is 31.2. The molecule has 0 bridgehead atoms. The summed E-state index contributed by atoms with van der Waals surface area (Å²) in [5.74, 6) is 0.357. The smallest absolute Gasteiger partial charge is 0.416 e. The summed E-state index contributed by atoms with van der Waals surface area (Å²) >= 11 is 7.14. The molecule has 47 heavy (non-hydrogen) atoms. The number of carbonyl (C=O) groups is 1. The van der Waals surface area contributed by atoms with Crippen LogP contribution in [0.3, 0.4) is 0 Å². The van der Waals surface area contributed by atoms with Gasteiger partial charge in [-0.15, -0.1) is 0 Å². The summed E-state index contributed by atoms with van der Waals surface area (Å²) in [6.45, 7) is 5.67. The molecule has 5 nitrogen and oxygen atoms in total. The van der Waals surface area contributed by atoms with Crippen molar-refractivity contribution in [3.63, 3.8) is 0 Å². The molecule has 0 aromatic heterocycles. The largest absolute Gasteiger partial charge is 0.454 e. The summed E-state index contributed by atoms with van der Waals surface area (Å²) in [5.41, 5.74) is 3.12. The summed E-state index contributed by atoms with van der Waals surface area (Å²) < 4.78 is 56.0. The van der Waals surface area contributed by atoms with Crippen molar-refractivity contribution in [3.05, 3.63) is 148 Å². The van der Waals surface area contributed by atoms with Crippen LogP contribution in [0.2, 0.25) is 0 Å². The Bertz CT molecular complexity index is 1990. The molecular formula is C38H30ClF3N2O3. The highest BCUT2D eigenvalue weighted by molar-refractivity contribution is 6.30. The Morgan fingerprint density at radius 3 is 2.23 bits per heavy atom. The quantitative estimate of drug-likeness (QED) is 0.129. The number of carbonyl (C=O) groups excluding carboxylic acids is 1. The van der Waals surface area contributed by atoms with E-state index in [1.54, 1.807) is 24.3 Å². The average Bonchev–Trinajstić information content (AvgIpc) is 3.37. The van der Waals surface area contributed by atoms with Gasteiger partial charge in [0.2, 0.25) is 0 Å². The van der Waals surface area contributed by atoms with E-state index in [0.29, 0.717) is 50.7 Å². The predicted molar refractivity (Wildman–Crippen MR) is 177 cm³/mol. The van der Waals surface area contributed by atoms with Crippen molar-refractivity contribution in [1.82, 2.24) is 0 Å². The van der Waals surface area contributed by atoms with Crippen molar-refractivity contribution in [2.45, 2.75) is 32.0 Å². The average molecular weight is 655 g/mol. The first-order valence-corrected chi connectivity index (χ1v) is 15.7. The molecule has 0 radical (unpaired) electrons. The second kappa shape index (κ2) is 11.7. The highest BCUT2D eigenvalue weighted by Crippen LogP contribution is 2.59. The minimum absolute atomic E-state index is 0.212. The lowest BCUT2D eigenvalue weighted by Crippen LogP contribution is -2.33. The number of nitrogens with zero attached hydrogens (tertiary/aromatic N) is 2. The van der Waals surface area contributed by atoms with E-state index in [0.717, 1.165) is 36.5 Å². The molecule has 0 saturated heterocycles. The highest BCUT2D eigenvalue weighted by atomic mass is 35.5. The van der Waals surface area contributed by atoms with Crippen LogP contribution in [0.1, 0.15) is 57.6 Å². The first-order valence-electron chi connectivity index (χ1n) is 15.4. The maximum Gasteiger partial charge on any atom is 0.416 e. The fraction of sp³-hybridized carbons (Fsp3) is 0.184. The van der Waals surface area contributed by atoms with Crippen LogP contribution < -0.4 is 14.1 Å². The third-order valence-electron chi connectivity index (χ3n) is 8.90. The Labute approximate surface area is 275 Å². The Kier molecular flexibility index (Phi) is 7.63. The van der Waals surface area contributed by atoms with Gasteiger partial charge >= 0.3 is 12.1 Å². The number of benzene rings is 5. The van der Waals surface area contributed by atoms with Crippen LogP contribution in [-0.4, -0.2) is 19.1 Å². The molecule has 0 N–H and O–H groups in total. The van der Waals surface area contributed by atoms with Gasteiger partial charge in [-0.25, -0.2) is 9.21 Å². The zero-order valence-corrected chi connectivity index (χ0v) is 26.4. The molecule has 7 rings (SSSR count). The molecule has 1 spiro atoms. The summed E-state index contributed by atoms with van der Waals surface area (Å²) in [6.07, 6.45) is -4.32. The van der Waals surface area contributed by atoms with E-state index in [4.69, 9.17) is 21.3 Å². The van der Waals surface area contributed by atoms with Crippen molar-refractivity contribution in [2.24, 2.45) is 0 Å². The molecule has 238 valence electrons. The first kappa shape index (κ1) is 30.7. The molecule has 2 heterocycles. The minimum atomic E-state index is -4.53. The van der Waals surface area contributed by atoms with E-state index in [2.05, 4.69) is 18.7 Å². The minimum Gasteiger partial charge on any atom is -0.454 e. The SMILES string of the molecule is CCN(CC)c1ccc2c(c1)Oc1c(N(Cl)c3ccc(C(F)(F)F)cc3Cc3ccccc3)cccc1C21OC(=O)c2ccccc21. The zero-order chi connectivity index (χ0) is 32.9. The van der Waals surface area contributed by atoms with Gasteiger partial charge in [-0.1, -0.05) is 60.7 Å². The molecule has 9 heteroatoms. The normalized spacial score (nSPS) is 16.2. The number of para-hydroxylation sites is 1. The van der Waals surface area contributed by atoms with E-state index < -0.39 is 23.3 Å². The summed E-state index contributed by atoms with van der Waals surface area (Å²) in [7, 11) is 0. The van der Waals surface area contributed by atoms with Crippen molar-refractivity contribution in [3.8, 4) is 11.5 Å². The first-order chi connectivity index (χ1) is 22.7. The number of hydrogen-bond donors (Lipinski definition) is 0. The van der Waals surface area contributed by atoms with Crippen molar-refractivity contribution >= 4 is 34.8 Å². The lowest BCUT2D eigenvalue weighted by molar-refractivity contribution is -0.137. The van der Waals surface area contributed by atoms with Crippen molar-refractivity contribution < 1.29 is 27.4 Å². The molecule has 2 aliphatic rings. The maximum absolute atomic E-state index is 13.9. The Hall–Kier alpha value is -4.95. The van der Waals surface area contributed by atoms with Gasteiger partial charge in [0.05, 0.1) is 16.8 Å². The molecule has 0 fully saturated rings. The predicted octanol–water partition coefficient (Wildman–Crippen LogP) is 10.0. The molecule has 5 aromatic carbocycles. The third-order valence-corrected chi connectivity index (χ3v) is 9.26. The van der Waals surface area contributed by atoms with E-state index in [9.17, 15) is 18.0 Å². The number of rotatable bonds is 7. The van der Waals surface area contributed by atoms with E-state index in [1.807, 2.05) is 66.7 Å². The van der Waals surface area contributed by atoms with Gasteiger partial charge in [-0.3, -0.25) is 0 Å². The molecular weight excluding hydrogens is 625 g/mol. The standard InChI is InChI=1S/C38H30ClF3N2O3/c1-3-43(4-2)27-18-19-30-34(23-27)46-35-31(37(30)29-14-9-8-13-28(29)36(45)47-37)15-10-16-33(35)44(39)32-20-17-26(38(40,41)42)22-25(32)21-24-11-6-5-7-12-24/h5-20,22-23H,3-4,21H2,1-2H3. The van der Waals surface area contributed by atoms with E-state index in [-0.39, 0.29) is 6.42 Å². The number of ether oxygens (including phenoxy) is 2. The van der Waals surface area contributed by atoms with Gasteiger partial charge in [0.15, 0.2) is 11.4 Å². The highest BCUT2D eigenvalue weighted by Gasteiger charge is 2.54. The van der Waals surface area contributed by atoms with Crippen LogP contribution in [0.25, 0.3) is 0 Å². The Morgan fingerprint density at radius 1 is 0.766 bits per heavy atom. The van der Waals surface area contributed by atoms with Gasteiger partial charge in [0, 0.05) is 53.3 Å². The molecule has 1 atom stereocenters. The Balaban J connectivity index is 1.43. The lowest BCUT2D eigenvalue weighted by atomic mass is 9.77. The van der Waals surface area contributed by atoms with Gasteiger partial charge in [0.1, 0.15) is 11.4 Å². The molecule has 0 amide bonds. The number of hydrogen-bond acceptors (Lipinski definition) is 5. The fourth-order valence-corrected chi connectivity index (χ4v) is 6.95. The van der Waals surface area contributed by atoms with Gasteiger partial charge in [-0.2, -0.15) is 13.2 Å². The molecule has 0 saturated carbocycles. The van der Waals surface area contributed by atoms with Crippen LogP contribution in [0, 0.1) is 0 Å². The van der Waals surface area contributed by atoms with Gasteiger partial charge in [-0.05, 0) is 73.9 Å². The van der Waals surface area contributed by atoms with Crippen molar-refractivity contribution in [2.75, 3.05) is 22.4 Å². The van der Waals surface area contributed by atoms with Gasteiger partial charge < -0.3 is 14.4 Å². The third kappa shape index (κ3) is 5.08. The fourth-order valence-electron chi connectivity index (χ4n) is 6.65. The van der Waals surface area contributed by atoms with Gasteiger partial charge in [0.25, 0.3) is 0 Å². The number of fused-ring (bicyclic) bond motifs is 6. The number of esters is 1. The molecule has 5 aromatic rings. The monoisotopic (exact) mass is 654 g/mol. The Morgan fingerprint density at radius 2 is 1.49 bits per heavy atom. The van der Waals surface area contributed by atoms with E-state index >= 15 is 0 Å². The molecule has 1 unspecified atom stereocenters. The topological polar surface area (TPSA) is 42.0 Å². The lowest BCUT2D eigenvalue weighted by Gasteiger charge is -2.38. The number of halogens is 4. The van der Waals surface area contributed by atoms with Crippen molar-refractivity contribution in [1.29, 1.82) is 0 Å². The molecule has 0 aliphatic carbocycles. The van der Waals surface area contributed by atoms with Crippen LogP contribution in [0.5, 0.6) is 11.5 Å². The second-order valence-electron chi connectivity index (χ2n) is 11.5. The number of anilines is 3. The van der Waals surface area contributed by atoms with Crippen LogP contribution in [0.4, 0.5) is 30.2 Å². The summed E-state index contributed by atoms with van der Waals surface area (Å²) in [4.78, 5) is 15.6. The van der Waals surface area contributed by atoms with Crippen LogP contribution in [0.15, 0.2) is 109 Å². The summed E-state index contributed by atoms with van der Waals surface area (Å²) in [5, 5.41) is 0. The van der Waals surface area contributed by atoms with Crippen LogP contribution >= 0.6 is 11.8 Å². The van der Waals surface area contributed by atoms with Crippen LogP contribution in [-0.2, 0) is 22.9 Å². The zero-order valence-electron chi connectivity index (χ0n) is 25.6. The second-order valence-corrected chi connectivity index (χ2v) is 11.8. The molecule has 2 aliphatic heterocycles. The maximum atomic E-state index is 13.9. The van der Waals surface area contributed by atoms with E-state index in [1.165, 1.54) is 10.5 Å². The number of alkyl halides is 3.